The van der Waals surface area contributed by atoms with Gasteiger partial charge in [-0.05, 0) is 37.5 Å². The molecule has 0 atom stereocenters. The van der Waals surface area contributed by atoms with Crippen molar-refractivity contribution in [3.05, 3.63) is 42.2 Å². The van der Waals surface area contributed by atoms with E-state index in [1.165, 1.54) is 24.3 Å². The summed E-state index contributed by atoms with van der Waals surface area (Å²) in [5, 5.41) is 2.89. The van der Waals surface area contributed by atoms with Crippen molar-refractivity contribution in [2.24, 2.45) is 11.1 Å². The van der Waals surface area contributed by atoms with Crippen LogP contribution in [0.3, 0.4) is 0 Å². The summed E-state index contributed by atoms with van der Waals surface area (Å²) in [5.74, 6) is -0.426. The summed E-state index contributed by atoms with van der Waals surface area (Å²) in [4.78, 5) is 24.1. The van der Waals surface area contributed by atoms with Crippen molar-refractivity contribution in [3.8, 4) is 23.0 Å². The molecule has 4 aliphatic rings. The maximum absolute atomic E-state index is 13.1. The monoisotopic (exact) mass is 517 g/mol. The number of fused-ring (bicyclic) bond motifs is 1. The highest BCUT2D eigenvalue weighted by Crippen LogP contribution is 2.67. The second kappa shape index (κ2) is 8.99. The van der Waals surface area contributed by atoms with Gasteiger partial charge in [0, 0.05) is 29.3 Å². The van der Waals surface area contributed by atoms with Gasteiger partial charge in [-0.15, -0.1) is 8.78 Å². The lowest BCUT2D eigenvalue weighted by Gasteiger charge is -2.70. The van der Waals surface area contributed by atoms with E-state index in [4.69, 9.17) is 14.3 Å². The van der Waals surface area contributed by atoms with Crippen LogP contribution in [0.2, 0.25) is 0 Å². The Balaban J connectivity index is 0.000000967. The average molecular weight is 517 g/mol. The number of nitrogens with one attached hydrogen (secondary N) is 1. The smallest absolute Gasteiger partial charge is 0.493 e. The zero-order valence-electron chi connectivity index (χ0n) is 18.4. The first-order valence-electron chi connectivity index (χ1n) is 10.5. The number of alkyl halides is 5. The summed E-state index contributed by atoms with van der Waals surface area (Å²) in [7, 11) is 0. The number of hydrogen-bond donors (Lipinski definition) is 2. The number of aromatic nitrogens is 1. The fourth-order valence-electron chi connectivity index (χ4n) is 4.68. The van der Waals surface area contributed by atoms with E-state index in [1.807, 2.05) is 0 Å². The summed E-state index contributed by atoms with van der Waals surface area (Å²) in [6.07, 6.45) is -5.06. The first kappa shape index (κ1) is 25.3. The van der Waals surface area contributed by atoms with Gasteiger partial charge in [-0.2, -0.15) is 13.2 Å². The molecule has 0 unspecified atom stereocenters. The predicted molar refractivity (Wildman–Crippen MR) is 110 cm³/mol. The molecule has 1 aromatic carbocycles. The lowest BCUT2D eigenvalue weighted by molar-refractivity contribution is -0.286. The summed E-state index contributed by atoms with van der Waals surface area (Å²) >= 11 is 0. The molecule has 2 bridgehead atoms. The van der Waals surface area contributed by atoms with Crippen molar-refractivity contribution in [3.63, 3.8) is 0 Å². The Morgan fingerprint density at radius 1 is 1.08 bits per heavy atom. The van der Waals surface area contributed by atoms with Crippen molar-refractivity contribution >= 4 is 12.3 Å². The zero-order chi connectivity index (χ0) is 26.2. The largest absolute Gasteiger partial charge is 0.586 e. The number of pyridine rings is 1. The maximum Gasteiger partial charge on any atom is 0.586 e. The number of primary amides is 1. The van der Waals surface area contributed by atoms with Crippen LogP contribution >= 0.6 is 0 Å². The number of nitrogens with two attached hydrogens (primary N) is 1. The fourth-order valence-corrected chi connectivity index (χ4v) is 4.68. The number of rotatable bonds is 7. The summed E-state index contributed by atoms with van der Waals surface area (Å²) < 4.78 is 83.9. The minimum absolute atomic E-state index is 0.0926. The van der Waals surface area contributed by atoms with Crippen molar-refractivity contribution in [1.82, 2.24) is 10.3 Å². The van der Waals surface area contributed by atoms with Crippen molar-refractivity contribution in [2.45, 2.75) is 37.3 Å². The SMILES string of the molecule is NC=O.O=C(COc1ccc2c(c1)OC(F)(F)O2)NC12CC(COc3ccnc(C(F)(F)F)c3)(C1)C2. The zero-order valence-corrected chi connectivity index (χ0v) is 18.4. The van der Waals surface area contributed by atoms with E-state index in [2.05, 4.69) is 25.5 Å². The van der Waals surface area contributed by atoms with Crippen molar-refractivity contribution < 1.29 is 50.5 Å². The van der Waals surface area contributed by atoms with E-state index < -0.39 is 18.2 Å². The third kappa shape index (κ3) is 5.36. The van der Waals surface area contributed by atoms with E-state index in [0.29, 0.717) is 19.3 Å². The highest BCUT2D eigenvalue weighted by molar-refractivity contribution is 5.79. The molecule has 36 heavy (non-hydrogen) atoms. The van der Waals surface area contributed by atoms with E-state index in [9.17, 15) is 26.7 Å². The molecule has 1 aromatic heterocycles. The lowest BCUT2D eigenvalue weighted by Crippen LogP contribution is -2.76. The Morgan fingerprint density at radius 2 is 1.72 bits per heavy atom. The predicted octanol–water partition coefficient (Wildman–Crippen LogP) is 3.02. The van der Waals surface area contributed by atoms with Gasteiger partial charge in [-0.3, -0.25) is 14.6 Å². The Labute approximate surface area is 200 Å². The topological polar surface area (TPSA) is 122 Å². The normalized spacial score (nSPS) is 24.2. The van der Waals surface area contributed by atoms with Gasteiger partial charge in [0.2, 0.25) is 6.41 Å². The third-order valence-electron chi connectivity index (χ3n) is 5.85. The van der Waals surface area contributed by atoms with Crippen LogP contribution < -0.4 is 30.0 Å². The number of carbonyl (C=O) groups is 2. The molecule has 2 heterocycles. The van der Waals surface area contributed by atoms with Gasteiger partial charge >= 0.3 is 12.5 Å². The molecule has 3 aliphatic carbocycles. The molecule has 3 fully saturated rings. The second-order valence-electron chi connectivity index (χ2n) is 8.72. The Kier molecular flexibility index (Phi) is 6.31. The van der Waals surface area contributed by atoms with Gasteiger partial charge in [-0.25, -0.2) is 0 Å². The molecular weight excluding hydrogens is 497 g/mol. The van der Waals surface area contributed by atoms with Gasteiger partial charge in [0.15, 0.2) is 18.1 Å². The van der Waals surface area contributed by atoms with Crippen LogP contribution in [0.1, 0.15) is 25.0 Å². The van der Waals surface area contributed by atoms with E-state index >= 15 is 0 Å². The fraction of sp³-hybridized carbons (Fsp3) is 0.409. The highest BCUT2D eigenvalue weighted by atomic mass is 19.4. The highest BCUT2D eigenvalue weighted by Gasteiger charge is 2.68. The molecule has 0 radical (unpaired) electrons. The molecule has 1 aliphatic heterocycles. The molecule has 6 rings (SSSR count). The van der Waals surface area contributed by atoms with Crippen LogP contribution in [0.15, 0.2) is 36.5 Å². The number of hydrogen-bond acceptors (Lipinski definition) is 7. The number of amides is 2. The molecule has 14 heteroatoms. The van der Waals surface area contributed by atoms with Crippen LogP contribution in [-0.4, -0.2) is 42.3 Å². The summed E-state index contributed by atoms with van der Waals surface area (Å²) in [6.45, 7) is -0.0806. The number of halogens is 5. The number of benzene rings is 1. The Morgan fingerprint density at radius 3 is 2.39 bits per heavy atom. The Bertz CT molecular complexity index is 1140. The van der Waals surface area contributed by atoms with E-state index in [0.717, 1.165) is 12.3 Å². The van der Waals surface area contributed by atoms with Gasteiger partial charge in [0.1, 0.15) is 17.2 Å². The van der Waals surface area contributed by atoms with Crippen LogP contribution in [0.5, 0.6) is 23.0 Å². The molecule has 0 saturated heterocycles. The minimum Gasteiger partial charge on any atom is -0.493 e. The number of carbonyl (C=O) groups excluding carboxylic acids is 2. The van der Waals surface area contributed by atoms with Crippen LogP contribution in [0, 0.1) is 5.41 Å². The van der Waals surface area contributed by atoms with E-state index in [1.54, 1.807) is 0 Å². The molecule has 0 spiro atoms. The standard InChI is InChI=1S/C21H17F5N2O5.CH3NO/c22-20(23,24)16-6-13(3-4-27-16)31-11-18-8-19(9-18,10-18)28-17(29)7-30-12-1-2-14-15(5-12)33-21(25,26)32-14;2-1-3/h1-6H,7-11H2,(H,28,29);1H,(H2,2,3). The Hall–Kier alpha value is -3.84. The van der Waals surface area contributed by atoms with Crippen LogP contribution in [-0.2, 0) is 15.8 Å². The molecule has 2 amide bonds. The van der Waals surface area contributed by atoms with Gasteiger partial charge in [0.25, 0.3) is 5.91 Å². The summed E-state index contributed by atoms with van der Waals surface area (Å²) in [6, 6.07) is 6.08. The average Bonchev–Trinajstić information content (AvgIpc) is 3.06. The number of ether oxygens (including phenoxy) is 4. The quantitative estimate of drug-likeness (QED) is 0.428. The molecular formula is C22H20F5N3O6. The summed E-state index contributed by atoms with van der Waals surface area (Å²) in [5.41, 5.74) is 2.59. The van der Waals surface area contributed by atoms with Crippen LogP contribution in [0.4, 0.5) is 22.0 Å². The molecule has 3 saturated carbocycles. The first-order valence-corrected chi connectivity index (χ1v) is 10.5. The van der Waals surface area contributed by atoms with Gasteiger partial charge in [-0.1, -0.05) is 0 Å². The van der Waals surface area contributed by atoms with Crippen molar-refractivity contribution in [2.75, 3.05) is 13.2 Å². The first-order chi connectivity index (χ1) is 16.9. The van der Waals surface area contributed by atoms with Gasteiger partial charge < -0.3 is 30.0 Å². The molecule has 194 valence electrons. The number of nitrogens with zero attached hydrogens (tertiary/aromatic N) is 1. The third-order valence-corrected chi connectivity index (χ3v) is 5.85. The molecule has 3 N–H and O–H groups in total. The van der Waals surface area contributed by atoms with Crippen molar-refractivity contribution in [1.29, 1.82) is 0 Å². The van der Waals surface area contributed by atoms with Crippen LogP contribution in [0.25, 0.3) is 0 Å². The lowest BCUT2D eigenvalue weighted by atomic mass is 9.39. The van der Waals surface area contributed by atoms with E-state index in [-0.39, 0.29) is 59.5 Å². The minimum atomic E-state index is -4.54. The van der Waals surface area contributed by atoms with Gasteiger partial charge in [0.05, 0.1) is 6.61 Å². The molecule has 2 aromatic rings. The second-order valence-corrected chi connectivity index (χ2v) is 8.72. The molecule has 9 nitrogen and oxygen atoms in total. The maximum atomic E-state index is 13.1.